The SMILES string of the molecule is CN(C)CCOCCNCC(=O)NC1CCOCC1. The maximum atomic E-state index is 11.6. The van der Waals surface area contributed by atoms with E-state index >= 15 is 0 Å². The lowest BCUT2D eigenvalue weighted by atomic mass is 10.1. The first-order valence-corrected chi connectivity index (χ1v) is 6.99. The molecule has 0 aromatic rings. The fourth-order valence-corrected chi connectivity index (χ4v) is 1.82. The molecule has 0 bridgehead atoms. The predicted octanol–water partition coefficient (Wildman–Crippen LogP) is -0.551. The molecule has 19 heavy (non-hydrogen) atoms. The monoisotopic (exact) mass is 273 g/mol. The minimum absolute atomic E-state index is 0.0557. The highest BCUT2D eigenvalue weighted by Crippen LogP contribution is 2.05. The topological polar surface area (TPSA) is 62.8 Å². The summed E-state index contributed by atoms with van der Waals surface area (Å²) in [7, 11) is 4.03. The fraction of sp³-hybridized carbons (Fsp3) is 0.923. The molecule has 2 N–H and O–H groups in total. The minimum atomic E-state index is 0.0557. The van der Waals surface area contributed by atoms with Crippen molar-refractivity contribution in [3.63, 3.8) is 0 Å². The van der Waals surface area contributed by atoms with Gasteiger partial charge in [-0.3, -0.25) is 4.79 Å². The molecule has 1 heterocycles. The van der Waals surface area contributed by atoms with Crippen molar-refractivity contribution < 1.29 is 14.3 Å². The average molecular weight is 273 g/mol. The van der Waals surface area contributed by atoms with Crippen molar-refractivity contribution >= 4 is 5.91 Å². The maximum Gasteiger partial charge on any atom is 0.234 e. The van der Waals surface area contributed by atoms with E-state index in [1.807, 2.05) is 14.1 Å². The Morgan fingerprint density at radius 1 is 1.32 bits per heavy atom. The van der Waals surface area contributed by atoms with Crippen LogP contribution in [0.1, 0.15) is 12.8 Å². The number of ether oxygens (including phenoxy) is 2. The smallest absolute Gasteiger partial charge is 0.234 e. The lowest BCUT2D eigenvalue weighted by Gasteiger charge is -2.23. The van der Waals surface area contributed by atoms with Gasteiger partial charge in [0, 0.05) is 32.3 Å². The van der Waals surface area contributed by atoms with Crippen LogP contribution in [-0.4, -0.2) is 77.0 Å². The second-order valence-corrected chi connectivity index (χ2v) is 5.05. The van der Waals surface area contributed by atoms with Crippen LogP contribution in [0.4, 0.5) is 0 Å². The number of carbonyl (C=O) groups excluding carboxylic acids is 1. The summed E-state index contributed by atoms with van der Waals surface area (Å²) in [5.41, 5.74) is 0. The van der Waals surface area contributed by atoms with Crippen LogP contribution in [0.5, 0.6) is 0 Å². The number of carbonyl (C=O) groups is 1. The first kappa shape index (κ1) is 16.4. The maximum absolute atomic E-state index is 11.6. The second kappa shape index (κ2) is 10.1. The molecule has 0 atom stereocenters. The van der Waals surface area contributed by atoms with E-state index in [4.69, 9.17) is 9.47 Å². The third-order valence-electron chi connectivity index (χ3n) is 2.98. The number of rotatable bonds is 9. The molecular formula is C13H27N3O3. The Morgan fingerprint density at radius 3 is 2.74 bits per heavy atom. The molecule has 1 aliphatic heterocycles. The summed E-state index contributed by atoms with van der Waals surface area (Å²) >= 11 is 0. The molecule has 0 saturated carbocycles. The van der Waals surface area contributed by atoms with Gasteiger partial charge in [-0.15, -0.1) is 0 Å². The molecule has 1 aliphatic rings. The van der Waals surface area contributed by atoms with Gasteiger partial charge in [0.1, 0.15) is 0 Å². The summed E-state index contributed by atoms with van der Waals surface area (Å²) < 4.78 is 10.7. The van der Waals surface area contributed by atoms with E-state index < -0.39 is 0 Å². The van der Waals surface area contributed by atoms with Crippen LogP contribution < -0.4 is 10.6 Å². The molecule has 0 aromatic carbocycles. The molecule has 112 valence electrons. The minimum Gasteiger partial charge on any atom is -0.381 e. The Morgan fingerprint density at radius 2 is 2.05 bits per heavy atom. The highest BCUT2D eigenvalue weighted by molar-refractivity contribution is 5.78. The molecule has 6 heteroatoms. The molecule has 1 saturated heterocycles. The van der Waals surface area contributed by atoms with Crippen molar-refractivity contribution in [3.8, 4) is 0 Å². The van der Waals surface area contributed by atoms with Crippen molar-refractivity contribution in [2.45, 2.75) is 18.9 Å². The molecule has 1 amide bonds. The van der Waals surface area contributed by atoms with Gasteiger partial charge >= 0.3 is 0 Å². The Kier molecular flexibility index (Phi) is 8.73. The van der Waals surface area contributed by atoms with Crippen molar-refractivity contribution in [2.24, 2.45) is 0 Å². The quantitative estimate of drug-likeness (QED) is 0.552. The molecule has 1 rings (SSSR count). The first-order valence-electron chi connectivity index (χ1n) is 6.99. The number of hydrogen-bond acceptors (Lipinski definition) is 5. The van der Waals surface area contributed by atoms with Gasteiger partial charge in [-0.05, 0) is 26.9 Å². The summed E-state index contributed by atoms with van der Waals surface area (Å²) in [6.07, 6.45) is 1.83. The van der Waals surface area contributed by atoms with Crippen molar-refractivity contribution in [2.75, 3.05) is 60.2 Å². The van der Waals surface area contributed by atoms with E-state index in [1.165, 1.54) is 0 Å². The normalized spacial score (nSPS) is 16.8. The molecule has 0 spiro atoms. The third-order valence-corrected chi connectivity index (χ3v) is 2.98. The van der Waals surface area contributed by atoms with Gasteiger partial charge < -0.3 is 25.0 Å². The van der Waals surface area contributed by atoms with Crippen molar-refractivity contribution in [1.29, 1.82) is 0 Å². The zero-order chi connectivity index (χ0) is 13.9. The highest BCUT2D eigenvalue weighted by Gasteiger charge is 2.15. The summed E-state index contributed by atoms with van der Waals surface area (Å²) in [5.74, 6) is 0.0557. The third kappa shape index (κ3) is 8.93. The van der Waals surface area contributed by atoms with E-state index in [0.29, 0.717) is 19.7 Å². The number of nitrogens with zero attached hydrogens (tertiary/aromatic N) is 1. The standard InChI is InChI=1S/C13H27N3O3/c1-16(2)6-10-19-9-5-14-11-13(17)15-12-3-7-18-8-4-12/h12,14H,3-11H2,1-2H3,(H,15,17). The van der Waals surface area contributed by atoms with Crippen LogP contribution in [0.2, 0.25) is 0 Å². The van der Waals surface area contributed by atoms with Gasteiger partial charge in [-0.1, -0.05) is 0 Å². The Balaban J connectivity index is 1.89. The van der Waals surface area contributed by atoms with Gasteiger partial charge in [0.25, 0.3) is 0 Å². The van der Waals surface area contributed by atoms with Crippen LogP contribution in [0.15, 0.2) is 0 Å². The zero-order valence-corrected chi connectivity index (χ0v) is 12.1. The summed E-state index contributed by atoms with van der Waals surface area (Å²) in [6, 6.07) is 0.277. The van der Waals surface area contributed by atoms with Gasteiger partial charge in [-0.2, -0.15) is 0 Å². The second-order valence-electron chi connectivity index (χ2n) is 5.05. The lowest BCUT2D eigenvalue weighted by Crippen LogP contribution is -2.43. The van der Waals surface area contributed by atoms with Gasteiger partial charge in [0.15, 0.2) is 0 Å². The van der Waals surface area contributed by atoms with E-state index in [1.54, 1.807) is 0 Å². The predicted molar refractivity (Wildman–Crippen MR) is 74.2 cm³/mol. The fourth-order valence-electron chi connectivity index (χ4n) is 1.82. The average Bonchev–Trinajstić information content (AvgIpc) is 2.38. The van der Waals surface area contributed by atoms with E-state index in [-0.39, 0.29) is 11.9 Å². The zero-order valence-electron chi connectivity index (χ0n) is 12.1. The van der Waals surface area contributed by atoms with Crippen LogP contribution in [0.25, 0.3) is 0 Å². The van der Waals surface area contributed by atoms with E-state index in [2.05, 4.69) is 15.5 Å². The van der Waals surface area contributed by atoms with Gasteiger partial charge in [0.2, 0.25) is 5.91 Å². The van der Waals surface area contributed by atoms with Gasteiger partial charge in [0.05, 0.1) is 19.8 Å². The molecule has 0 aromatic heterocycles. The molecule has 1 fully saturated rings. The molecular weight excluding hydrogens is 246 g/mol. The first-order chi connectivity index (χ1) is 9.18. The number of likely N-dealkylation sites (N-methyl/N-ethyl adjacent to an activating group) is 1. The molecule has 0 radical (unpaired) electrons. The lowest BCUT2D eigenvalue weighted by molar-refractivity contribution is -0.121. The summed E-state index contributed by atoms with van der Waals surface area (Å²) in [6.45, 7) is 4.84. The van der Waals surface area contributed by atoms with Gasteiger partial charge in [-0.25, -0.2) is 0 Å². The number of nitrogens with one attached hydrogen (secondary N) is 2. The van der Waals surface area contributed by atoms with Crippen molar-refractivity contribution in [3.05, 3.63) is 0 Å². The van der Waals surface area contributed by atoms with Crippen LogP contribution in [-0.2, 0) is 14.3 Å². The van der Waals surface area contributed by atoms with Crippen LogP contribution in [0.3, 0.4) is 0 Å². The molecule has 0 unspecified atom stereocenters. The summed E-state index contributed by atoms with van der Waals surface area (Å²) in [5, 5.41) is 6.09. The molecule has 0 aliphatic carbocycles. The largest absolute Gasteiger partial charge is 0.381 e. The number of amides is 1. The van der Waals surface area contributed by atoms with Crippen LogP contribution >= 0.6 is 0 Å². The summed E-state index contributed by atoms with van der Waals surface area (Å²) in [4.78, 5) is 13.7. The van der Waals surface area contributed by atoms with Crippen molar-refractivity contribution in [1.82, 2.24) is 15.5 Å². The van der Waals surface area contributed by atoms with E-state index in [0.717, 1.165) is 39.2 Å². The Hall–Kier alpha value is -0.690. The Bertz CT molecular complexity index is 243. The van der Waals surface area contributed by atoms with Crippen LogP contribution in [0, 0.1) is 0 Å². The Labute approximate surface area is 115 Å². The molecule has 6 nitrogen and oxygen atoms in total. The highest BCUT2D eigenvalue weighted by atomic mass is 16.5. The van der Waals surface area contributed by atoms with E-state index in [9.17, 15) is 4.79 Å². The number of hydrogen-bond donors (Lipinski definition) is 2.